The molecule has 0 aliphatic carbocycles. The number of rotatable bonds is 6. The molecule has 0 bridgehead atoms. The minimum Gasteiger partial charge on any atom is -0.504 e. The molecule has 2 N–H and O–H groups in total. The first kappa shape index (κ1) is 25.2. The summed E-state index contributed by atoms with van der Waals surface area (Å²) in [6, 6.07) is 11.9. The van der Waals surface area contributed by atoms with Gasteiger partial charge in [-0.25, -0.2) is 4.39 Å². The lowest BCUT2D eigenvalue weighted by atomic mass is 10.1. The summed E-state index contributed by atoms with van der Waals surface area (Å²) >= 11 is 0. The van der Waals surface area contributed by atoms with Crippen LogP contribution >= 0.6 is 24.0 Å². The van der Waals surface area contributed by atoms with Gasteiger partial charge in [-0.1, -0.05) is 24.3 Å². The molecule has 1 aliphatic heterocycles. The molecule has 0 spiro atoms. The second-order valence-corrected chi connectivity index (χ2v) is 7.35. The molecule has 2 aromatic carbocycles. The fourth-order valence-corrected chi connectivity index (χ4v) is 3.63. The minimum atomic E-state index is -0.254. The van der Waals surface area contributed by atoms with Crippen LogP contribution < -0.4 is 10.1 Å². The van der Waals surface area contributed by atoms with Gasteiger partial charge in [-0.15, -0.1) is 24.0 Å². The maximum atomic E-state index is 13.3. The maximum absolute atomic E-state index is 13.3. The van der Waals surface area contributed by atoms with Gasteiger partial charge in [0, 0.05) is 19.6 Å². The van der Waals surface area contributed by atoms with Crippen molar-refractivity contribution in [2.45, 2.75) is 32.5 Å². The summed E-state index contributed by atoms with van der Waals surface area (Å²) in [6.45, 7) is 6.68. The molecule has 2 atom stereocenters. The largest absolute Gasteiger partial charge is 0.504 e. The number of phenolic OH excluding ortho intramolecular Hbond substituents is 1. The Bertz CT molecular complexity index is 864. The quantitative estimate of drug-likeness (QED) is 0.326. The fraction of sp³-hybridized carbons (Fsp3) is 0.435. The predicted molar refractivity (Wildman–Crippen MR) is 131 cm³/mol. The van der Waals surface area contributed by atoms with Crippen LogP contribution in [0.15, 0.2) is 47.5 Å². The van der Waals surface area contributed by atoms with Gasteiger partial charge in [0.2, 0.25) is 0 Å². The smallest absolute Gasteiger partial charge is 0.194 e. The van der Waals surface area contributed by atoms with Crippen molar-refractivity contribution in [1.29, 1.82) is 0 Å². The first-order valence-corrected chi connectivity index (χ1v) is 10.3. The molecule has 1 fully saturated rings. The first-order valence-electron chi connectivity index (χ1n) is 10.3. The van der Waals surface area contributed by atoms with Crippen LogP contribution in [0.1, 0.15) is 31.1 Å². The van der Waals surface area contributed by atoms with Crippen LogP contribution in [-0.4, -0.2) is 55.4 Å². The van der Waals surface area contributed by atoms with E-state index in [1.165, 1.54) is 19.2 Å². The highest BCUT2D eigenvalue weighted by Gasteiger charge is 2.28. The van der Waals surface area contributed by atoms with Crippen molar-refractivity contribution < 1.29 is 19.0 Å². The summed E-state index contributed by atoms with van der Waals surface area (Å²) in [5.41, 5.74) is 1.75. The number of guanidine groups is 1. The van der Waals surface area contributed by atoms with E-state index in [0.29, 0.717) is 31.8 Å². The van der Waals surface area contributed by atoms with Crippen LogP contribution in [0.25, 0.3) is 0 Å². The van der Waals surface area contributed by atoms with E-state index in [9.17, 15) is 9.50 Å². The molecule has 1 heterocycles. The van der Waals surface area contributed by atoms with Crippen LogP contribution in [-0.2, 0) is 11.2 Å². The van der Waals surface area contributed by atoms with E-state index < -0.39 is 0 Å². The number of nitrogens with one attached hydrogen (secondary N) is 1. The number of hydrogen-bond acceptors (Lipinski definition) is 4. The van der Waals surface area contributed by atoms with E-state index in [2.05, 4.69) is 10.2 Å². The van der Waals surface area contributed by atoms with Crippen molar-refractivity contribution >= 4 is 29.9 Å². The number of nitrogens with zero attached hydrogens (tertiary/aromatic N) is 2. The van der Waals surface area contributed by atoms with Crippen LogP contribution in [0.5, 0.6) is 11.5 Å². The van der Waals surface area contributed by atoms with Gasteiger partial charge in [0.1, 0.15) is 11.9 Å². The molecule has 31 heavy (non-hydrogen) atoms. The monoisotopic (exact) mass is 543 g/mol. The van der Waals surface area contributed by atoms with Gasteiger partial charge in [-0.3, -0.25) is 4.99 Å². The Kier molecular flexibility index (Phi) is 9.83. The molecule has 0 aromatic heterocycles. The molecule has 0 saturated carbocycles. The normalized spacial score (nSPS) is 19.0. The van der Waals surface area contributed by atoms with Crippen molar-refractivity contribution in [3.63, 3.8) is 0 Å². The Balaban J connectivity index is 0.00000341. The molecule has 8 heteroatoms. The van der Waals surface area contributed by atoms with E-state index in [4.69, 9.17) is 14.5 Å². The number of morpholine rings is 1. The lowest BCUT2D eigenvalue weighted by Crippen LogP contribution is -2.50. The molecule has 3 rings (SSSR count). The molecule has 2 unspecified atom stereocenters. The second kappa shape index (κ2) is 12.1. The van der Waals surface area contributed by atoms with E-state index in [1.54, 1.807) is 18.2 Å². The molecule has 1 saturated heterocycles. The van der Waals surface area contributed by atoms with Gasteiger partial charge < -0.3 is 24.8 Å². The van der Waals surface area contributed by atoms with Crippen molar-refractivity contribution in [1.82, 2.24) is 10.2 Å². The van der Waals surface area contributed by atoms with Crippen LogP contribution in [0.4, 0.5) is 4.39 Å². The van der Waals surface area contributed by atoms with Crippen molar-refractivity contribution in [2.75, 3.05) is 33.3 Å². The predicted octanol–water partition coefficient (Wildman–Crippen LogP) is 4.13. The Morgan fingerprint density at radius 1 is 1.26 bits per heavy atom. The number of aliphatic imine (C=N–C) groups is 1. The van der Waals surface area contributed by atoms with E-state index in [1.807, 2.05) is 26.0 Å². The summed E-state index contributed by atoms with van der Waals surface area (Å²) in [5.74, 6) is 1.18. The van der Waals surface area contributed by atoms with Crippen LogP contribution in [0, 0.1) is 5.82 Å². The lowest BCUT2D eigenvalue weighted by molar-refractivity contribution is -0.0605. The molecular weight excluding hydrogens is 512 g/mol. The third-order valence-electron chi connectivity index (χ3n) is 5.08. The summed E-state index contributed by atoms with van der Waals surface area (Å²) in [7, 11) is 1.54. The summed E-state index contributed by atoms with van der Waals surface area (Å²) in [4.78, 5) is 6.95. The Morgan fingerprint density at radius 2 is 2.00 bits per heavy atom. The van der Waals surface area contributed by atoms with Gasteiger partial charge in [-0.2, -0.15) is 0 Å². The van der Waals surface area contributed by atoms with Gasteiger partial charge in [0.25, 0.3) is 0 Å². The lowest BCUT2D eigenvalue weighted by Gasteiger charge is -2.38. The van der Waals surface area contributed by atoms with Gasteiger partial charge in [0.05, 0.1) is 19.8 Å². The molecule has 0 radical (unpaired) electrons. The van der Waals surface area contributed by atoms with E-state index in [-0.39, 0.29) is 47.8 Å². The number of halogens is 2. The molecule has 1 aliphatic rings. The summed E-state index contributed by atoms with van der Waals surface area (Å²) in [5, 5.41) is 13.6. The zero-order valence-electron chi connectivity index (χ0n) is 18.2. The highest BCUT2D eigenvalue weighted by atomic mass is 127. The van der Waals surface area contributed by atoms with Crippen molar-refractivity contribution in [3.05, 3.63) is 59.4 Å². The molecule has 2 aromatic rings. The number of ether oxygens (including phenoxy) is 2. The Morgan fingerprint density at radius 3 is 2.68 bits per heavy atom. The van der Waals surface area contributed by atoms with Gasteiger partial charge in [0.15, 0.2) is 17.5 Å². The van der Waals surface area contributed by atoms with Crippen molar-refractivity contribution in [2.24, 2.45) is 4.99 Å². The number of benzene rings is 2. The number of aromatic hydroxyl groups is 1. The second-order valence-electron chi connectivity index (χ2n) is 7.35. The van der Waals surface area contributed by atoms with E-state index in [0.717, 1.165) is 23.6 Å². The third-order valence-corrected chi connectivity index (χ3v) is 5.08. The highest BCUT2D eigenvalue weighted by molar-refractivity contribution is 14.0. The highest BCUT2D eigenvalue weighted by Crippen LogP contribution is 2.29. The fourth-order valence-electron chi connectivity index (χ4n) is 3.63. The molecular formula is C23H31FIN3O3. The molecule has 170 valence electrons. The van der Waals surface area contributed by atoms with Crippen molar-refractivity contribution in [3.8, 4) is 11.5 Å². The Labute approximate surface area is 200 Å². The minimum absolute atomic E-state index is 0. The topological polar surface area (TPSA) is 66.3 Å². The zero-order chi connectivity index (χ0) is 21.5. The summed E-state index contributed by atoms with van der Waals surface area (Å²) in [6.07, 6.45) is 0.458. The average molecular weight is 543 g/mol. The van der Waals surface area contributed by atoms with Crippen LogP contribution in [0.2, 0.25) is 0 Å². The molecule has 6 nitrogen and oxygen atoms in total. The molecule has 0 amide bonds. The summed E-state index contributed by atoms with van der Waals surface area (Å²) < 4.78 is 24.6. The van der Waals surface area contributed by atoms with Gasteiger partial charge in [-0.05, 0) is 49.6 Å². The number of phenols is 1. The number of methoxy groups -OCH3 is 1. The zero-order valence-corrected chi connectivity index (χ0v) is 20.5. The van der Waals surface area contributed by atoms with Gasteiger partial charge >= 0.3 is 0 Å². The maximum Gasteiger partial charge on any atom is 0.194 e. The Hall–Kier alpha value is -2.07. The average Bonchev–Trinajstić information content (AvgIpc) is 2.74. The van der Waals surface area contributed by atoms with E-state index >= 15 is 0 Å². The number of hydrogen-bond donors (Lipinski definition) is 2. The third kappa shape index (κ3) is 6.70. The number of para-hydroxylation sites is 1. The first-order chi connectivity index (χ1) is 14.5. The van der Waals surface area contributed by atoms with Crippen LogP contribution in [0.3, 0.4) is 0 Å². The SMILES string of the molecule is CCNC(=NCCc1cccc(OC)c1O)N1CC(C)OC(c2ccc(F)cc2)C1.I. The standard InChI is InChI=1S/C23H30FN3O3.HI/c1-4-25-23(26-13-12-18-6-5-7-20(29-3)22(18)28)27-14-16(2)30-21(15-27)17-8-10-19(24)11-9-17;/h5-11,16,21,28H,4,12-15H2,1-3H3,(H,25,26);1H.